The Kier molecular flexibility index (Phi) is 5.21. The lowest BCUT2D eigenvalue weighted by molar-refractivity contribution is -0.141. The van der Waals surface area contributed by atoms with E-state index in [4.69, 9.17) is 9.16 Å². The third kappa shape index (κ3) is 4.45. The van der Waals surface area contributed by atoms with Gasteiger partial charge in [0.25, 0.3) is 0 Å². The highest BCUT2D eigenvalue weighted by Gasteiger charge is 2.51. The first-order valence-electron chi connectivity index (χ1n) is 8.76. The highest BCUT2D eigenvalue weighted by atomic mass is 28.4. The molecule has 23 heavy (non-hydrogen) atoms. The van der Waals surface area contributed by atoms with Crippen LogP contribution in [0.5, 0.6) is 0 Å². The summed E-state index contributed by atoms with van der Waals surface area (Å²) in [6.07, 6.45) is 2.72. The number of rotatable bonds is 3. The molecule has 5 heteroatoms. The molecule has 2 unspecified atom stereocenters. The minimum Gasteiger partial charge on any atom is -0.411 e. The molecule has 5 atom stereocenters. The van der Waals surface area contributed by atoms with E-state index >= 15 is 0 Å². The lowest BCUT2D eigenvalue weighted by Gasteiger charge is -2.52. The van der Waals surface area contributed by atoms with E-state index in [1.54, 1.807) is 0 Å². The van der Waals surface area contributed by atoms with E-state index in [-0.39, 0.29) is 23.2 Å². The predicted molar refractivity (Wildman–Crippen MR) is 94.9 cm³/mol. The lowest BCUT2D eigenvalue weighted by atomic mass is 9.62. The molecule has 0 aromatic heterocycles. The highest BCUT2D eigenvalue weighted by Crippen LogP contribution is 2.50. The Morgan fingerprint density at radius 1 is 1.17 bits per heavy atom. The van der Waals surface area contributed by atoms with E-state index in [1.165, 1.54) is 0 Å². The molecule has 2 aliphatic carbocycles. The van der Waals surface area contributed by atoms with Crippen molar-refractivity contribution in [2.75, 3.05) is 0 Å². The molecule has 4 nitrogen and oxygen atoms in total. The van der Waals surface area contributed by atoms with Crippen molar-refractivity contribution >= 4 is 8.32 Å². The van der Waals surface area contributed by atoms with Crippen LogP contribution in [0.1, 0.15) is 47.0 Å². The van der Waals surface area contributed by atoms with Crippen molar-refractivity contribution in [3.63, 3.8) is 0 Å². The molecule has 0 amide bonds. The van der Waals surface area contributed by atoms with Crippen molar-refractivity contribution in [1.82, 2.24) is 0 Å². The minimum absolute atomic E-state index is 0.0358. The molecule has 2 rings (SSSR count). The van der Waals surface area contributed by atoms with E-state index in [9.17, 15) is 10.2 Å². The molecule has 0 spiro atoms. The summed E-state index contributed by atoms with van der Waals surface area (Å²) in [5.41, 5.74) is 0.610. The number of aliphatic hydroxyl groups excluding tert-OH is 2. The van der Waals surface area contributed by atoms with Crippen LogP contribution >= 0.6 is 0 Å². The third-order valence-electron chi connectivity index (χ3n) is 4.78. The third-order valence-corrected chi connectivity index (χ3v) is 5.77. The lowest BCUT2D eigenvalue weighted by Crippen LogP contribution is -2.54. The van der Waals surface area contributed by atoms with Gasteiger partial charge in [-0.25, -0.2) is 0 Å². The van der Waals surface area contributed by atoms with Gasteiger partial charge in [0.05, 0.1) is 30.0 Å². The largest absolute Gasteiger partial charge is 0.411 e. The summed E-state index contributed by atoms with van der Waals surface area (Å²) >= 11 is 0. The normalized spacial score (nSPS) is 38.9. The summed E-state index contributed by atoms with van der Waals surface area (Å²) in [6.45, 7) is 14.9. The fourth-order valence-electron chi connectivity index (χ4n) is 3.89. The number of aliphatic hydroxyl groups is 2. The second-order valence-corrected chi connectivity index (χ2v) is 13.8. The number of ether oxygens (including phenoxy) is 1. The van der Waals surface area contributed by atoms with E-state index < -0.39 is 20.5 Å². The first-order valence-corrected chi connectivity index (χ1v) is 12.2. The first-order chi connectivity index (χ1) is 10.3. The SMILES string of the molecule is CC(C)(C)O[C@H]1CC[C@H](O[Si](C)(C)C)C2=CC(O)C(O)C[C@@]21C. The van der Waals surface area contributed by atoms with Crippen LogP contribution in [-0.2, 0) is 9.16 Å². The number of hydrogen-bond donors (Lipinski definition) is 2. The Morgan fingerprint density at radius 2 is 1.78 bits per heavy atom. The van der Waals surface area contributed by atoms with Gasteiger partial charge >= 0.3 is 0 Å². The van der Waals surface area contributed by atoms with Crippen LogP contribution in [-0.4, -0.2) is 48.5 Å². The quantitative estimate of drug-likeness (QED) is 0.611. The fourth-order valence-corrected chi connectivity index (χ4v) is 4.99. The molecular weight excluding hydrogens is 308 g/mol. The molecule has 0 saturated heterocycles. The van der Waals surface area contributed by atoms with Crippen molar-refractivity contribution in [2.24, 2.45) is 5.41 Å². The molecule has 134 valence electrons. The summed E-state index contributed by atoms with van der Waals surface area (Å²) in [6, 6.07) is 0. The molecule has 2 aliphatic rings. The zero-order valence-electron chi connectivity index (χ0n) is 15.7. The average Bonchev–Trinajstić information content (AvgIpc) is 2.33. The van der Waals surface area contributed by atoms with Crippen molar-refractivity contribution in [1.29, 1.82) is 0 Å². The Balaban J connectivity index is 2.35. The summed E-state index contributed by atoms with van der Waals surface area (Å²) in [7, 11) is -1.69. The van der Waals surface area contributed by atoms with Crippen LogP contribution < -0.4 is 0 Å². The van der Waals surface area contributed by atoms with Gasteiger partial charge in [0, 0.05) is 5.41 Å². The van der Waals surface area contributed by atoms with Crippen LogP contribution in [0, 0.1) is 5.41 Å². The zero-order valence-corrected chi connectivity index (χ0v) is 16.7. The topological polar surface area (TPSA) is 58.9 Å². The zero-order chi connectivity index (χ0) is 17.6. The molecule has 2 N–H and O–H groups in total. The smallest absolute Gasteiger partial charge is 0.184 e. The maximum Gasteiger partial charge on any atom is 0.184 e. The molecule has 0 aromatic rings. The van der Waals surface area contributed by atoms with Crippen molar-refractivity contribution in [3.05, 3.63) is 11.6 Å². The molecule has 0 heterocycles. The van der Waals surface area contributed by atoms with Gasteiger partial charge in [0.15, 0.2) is 8.32 Å². The predicted octanol–water partition coefficient (Wildman–Crippen LogP) is 3.24. The van der Waals surface area contributed by atoms with Gasteiger partial charge in [0.2, 0.25) is 0 Å². The first kappa shape index (κ1) is 19.1. The van der Waals surface area contributed by atoms with Crippen molar-refractivity contribution in [2.45, 2.75) is 96.6 Å². The van der Waals surface area contributed by atoms with Gasteiger partial charge in [-0.05, 0) is 65.2 Å². The Morgan fingerprint density at radius 3 is 2.30 bits per heavy atom. The molecule has 1 saturated carbocycles. The van der Waals surface area contributed by atoms with Crippen LogP contribution in [0.25, 0.3) is 0 Å². The minimum atomic E-state index is -1.69. The second-order valence-electron chi connectivity index (χ2n) is 9.32. The monoisotopic (exact) mass is 342 g/mol. The Hall–Kier alpha value is -0.203. The number of fused-ring (bicyclic) bond motifs is 1. The summed E-state index contributed by atoms with van der Waals surface area (Å²) < 4.78 is 12.7. The van der Waals surface area contributed by atoms with E-state index in [0.29, 0.717) is 6.42 Å². The van der Waals surface area contributed by atoms with Crippen molar-refractivity contribution < 1.29 is 19.4 Å². The van der Waals surface area contributed by atoms with E-state index in [1.807, 2.05) is 6.08 Å². The summed E-state index contributed by atoms with van der Waals surface area (Å²) in [4.78, 5) is 0. The van der Waals surface area contributed by atoms with Gasteiger partial charge in [0.1, 0.15) is 0 Å². The Labute approximate surface area is 142 Å². The molecule has 0 aliphatic heterocycles. The van der Waals surface area contributed by atoms with Gasteiger partial charge < -0.3 is 19.4 Å². The van der Waals surface area contributed by atoms with Gasteiger partial charge in [-0.3, -0.25) is 0 Å². The van der Waals surface area contributed by atoms with Gasteiger partial charge in [-0.15, -0.1) is 0 Å². The van der Waals surface area contributed by atoms with Crippen LogP contribution in [0.4, 0.5) is 0 Å². The van der Waals surface area contributed by atoms with Crippen LogP contribution in [0.15, 0.2) is 11.6 Å². The maximum atomic E-state index is 10.2. The average molecular weight is 343 g/mol. The molecule has 1 fully saturated rings. The van der Waals surface area contributed by atoms with Gasteiger partial charge in [-0.2, -0.15) is 0 Å². The van der Waals surface area contributed by atoms with Crippen molar-refractivity contribution in [3.8, 4) is 0 Å². The van der Waals surface area contributed by atoms with Gasteiger partial charge in [-0.1, -0.05) is 13.0 Å². The maximum absolute atomic E-state index is 10.2. The highest BCUT2D eigenvalue weighted by molar-refractivity contribution is 6.69. The van der Waals surface area contributed by atoms with Crippen LogP contribution in [0.2, 0.25) is 19.6 Å². The summed E-state index contributed by atoms with van der Waals surface area (Å²) in [5.74, 6) is 0. The van der Waals surface area contributed by atoms with E-state index in [0.717, 1.165) is 18.4 Å². The molecule has 0 bridgehead atoms. The summed E-state index contributed by atoms with van der Waals surface area (Å²) in [5, 5.41) is 20.4. The second kappa shape index (κ2) is 6.26. The fraction of sp³-hybridized carbons (Fsp3) is 0.889. The standard InChI is InChI=1S/C18H34O4Si/c1-17(2,3)21-16-9-8-15(22-23(5,6)7)12-10-13(19)14(20)11-18(12,16)4/h10,13-16,19-20H,8-9,11H2,1-7H3/t13?,14?,15-,16-,18-/m0/s1. The molecule has 0 radical (unpaired) electrons. The van der Waals surface area contributed by atoms with E-state index in [2.05, 4.69) is 47.3 Å². The molecule has 0 aromatic carbocycles. The molecular formula is C18H34O4Si. The number of hydrogen-bond acceptors (Lipinski definition) is 4. The van der Waals surface area contributed by atoms with Crippen LogP contribution in [0.3, 0.4) is 0 Å². The Bertz CT molecular complexity index is 463.